The third-order valence-corrected chi connectivity index (χ3v) is 4.54. The molecular weight excluding hydrogens is 314 g/mol. The largest absolute Gasteiger partial charge is 0.392 e. The number of aliphatic hydroxyl groups excluding tert-OH is 1. The van der Waals surface area contributed by atoms with Crippen LogP contribution in [0.25, 0.3) is 0 Å². The minimum atomic E-state index is -0.0300. The van der Waals surface area contributed by atoms with Gasteiger partial charge in [-0.15, -0.1) is 0 Å². The summed E-state index contributed by atoms with van der Waals surface area (Å²) in [7, 11) is 0. The number of urea groups is 1. The summed E-state index contributed by atoms with van der Waals surface area (Å²) in [6.07, 6.45) is 0. The van der Waals surface area contributed by atoms with Gasteiger partial charge >= 0.3 is 6.03 Å². The first-order valence-electron chi connectivity index (χ1n) is 8.67. The number of aryl methyl sites for hydroxylation is 1. The Kier molecular flexibility index (Phi) is 5.68. The molecule has 0 aromatic heterocycles. The molecule has 0 saturated carbocycles. The highest BCUT2D eigenvalue weighted by Crippen LogP contribution is 2.13. The van der Waals surface area contributed by atoms with Gasteiger partial charge in [0.25, 0.3) is 0 Å². The van der Waals surface area contributed by atoms with Crippen LogP contribution in [-0.2, 0) is 13.2 Å². The Morgan fingerprint density at radius 3 is 2.36 bits per heavy atom. The third-order valence-electron chi connectivity index (χ3n) is 4.54. The molecule has 5 heteroatoms. The molecule has 25 heavy (non-hydrogen) atoms. The van der Waals surface area contributed by atoms with E-state index in [1.807, 2.05) is 48.2 Å². The fourth-order valence-electron chi connectivity index (χ4n) is 3.04. The molecule has 1 aliphatic heterocycles. The highest BCUT2D eigenvalue weighted by Gasteiger charge is 2.21. The number of hydrogen-bond acceptors (Lipinski definition) is 3. The second-order valence-corrected chi connectivity index (χ2v) is 6.54. The number of nitrogens with zero attached hydrogens (tertiary/aromatic N) is 2. The van der Waals surface area contributed by atoms with Crippen LogP contribution in [0.5, 0.6) is 0 Å². The van der Waals surface area contributed by atoms with Crippen LogP contribution in [0.2, 0.25) is 0 Å². The lowest BCUT2D eigenvalue weighted by Gasteiger charge is -2.34. The second-order valence-electron chi connectivity index (χ2n) is 6.54. The summed E-state index contributed by atoms with van der Waals surface area (Å²) >= 11 is 0. The molecule has 2 aromatic carbocycles. The first-order chi connectivity index (χ1) is 12.1. The normalized spacial score (nSPS) is 15.2. The van der Waals surface area contributed by atoms with Gasteiger partial charge in [0.1, 0.15) is 0 Å². The van der Waals surface area contributed by atoms with E-state index in [1.54, 1.807) is 0 Å². The standard InChI is InChI=1S/C20H25N3O2/c1-16-3-2-4-19(13-16)21-20(25)23-11-9-22(10-12-23)14-17-5-7-18(15-24)8-6-17/h2-8,13,24H,9-12,14-15H2,1H3,(H,21,25). The van der Waals surface area contributed by atoms with Crippen LogP contribution in [0.4, 0.5) is 10.5 Å². The quantitative estimate of drug-likeness (QED) is 0.901. The van der Waals surface area contributed by atoms with Gasteiger partial charge in [0.15, 0.2) is 0 Å². The van der Waals surface area contributed by atoms with Gasteiger partial charge in [0, 0.05) is 38.4 Å². The maximum Gasteiger partial charge on any atom is 0.321 e. The van der Waals surface area contributed by atoms with E-state index in [1.165, 1.54) is 5.56 Å². The van der Waals surface area contributed by atoms with E-state index in [4.69, 9.17) is 5.11 Å². The molecular formula is C20H25N3O2. The van der Waals surface area contributed by atoms with E-state index in [2.05, 4.69) is 22.3 Å². The molecule has 1 saturated heterocycles. The predicted octanol–water partition coefficient (Wildman–Crippen LogP) is 2.84. The summed E-state index contributed by atoms with van der Waals surface area (Å²) in [6, 6.07) is 15.9. The number of aliphatic hydroxyl groups is 1. The van der Waals surface area contributed by atoms with Crippen molar-refractivity contribution in [3.63, 3.8) is 0 Å². The van der Waals surface area contributed by atoms with E-state index >= 15 is 0 Å². The van der Waals surface area contributed by atoms with Crippen molar-refractivity contribution in [2.24, 2.45) is 0 Å². The monoisotopic (exact) mass is 339 g/mol. The van der Waals surface area contributed by atoms with E-state index in [0.717, 1.165) is 49.5 Å². The van der Waals surface area contributed by atoms with Crippen LogP contribution in [0.1, 0.15) is 16.7 Å². The maximum atomic E-state index is 12.4. The highest BCUT2D eigenvalue weighted by molar-refractivity contribution is 5.89. The number of piperazine rings is 1. The van der Waals surface area contributed by atoms with Crippen molar-refractivity contribution in [1.29, 1.82) is 0 Å². The summed E-state index contributed by atoms with van der Waals surface area (Å²) in [4.78, 5) is 16.6. The SMILES string of the molecule is Cc1cccc(NC(=O)N2CCN(Cc3ccc(CO)cc3)CC2)c1. The molecule has 3 rings (SSSR count). The molecule has 2 N–H and O–H groups in total. The van der Waals surface area contributed by atoms with Crippen molar-refractivity contribution in [3.8, 4) is 0 Å². The van der Waals surface area contributed by atoms with E-state index in [0.29, 0.717) is 0 Å². The third kappa shape index (κ3) is 4.81. The number of hydrogen-bond donors (Lipinski definition) is 2. The van der Waals surface area contributed by atoms with Crippen molar-refractivity contribution in [1.82, 2.24) is 9.80 Å². The average Bonchev–Trinajstić information content (AvgIpc) is 2.63. The van der Waals surface area contributed by atoms with Crippen LogP contribution in [0.15, 0.2) is 48.5 Å². The molecule has 0 aliphatic carbocycles. The van der Waals surface area contributed by atoms with E-state index in [-0.39, 0.29) is 12.6 Å². The molecule has 1 heterocycles. The lowest BCUT2D eigenvalue weighted by molar-refractivity contribution is 0.143. The molecule has 2 aromatic rings. The van der Waals surface area contributed by atoms with Crippen LogP contribution in [-0.4, -0.2) is 47.1 Å². The van der Waals surface area contributed by atoms with Gasteiger partial charge in [0.05, 0.1) is 6.61 Å². The fraction of sp³-hybridized carbons (Fsp3) is 0.350. The number of amides is 2. The molecule has 0 bridgehead atoms. The zero-order chi connectivity index (χ0) is 17.6. The highest BCUT2D eigenvalue weighted by atomic mass is 16.3. The summed E-state index contributed by atoms with van der Waals surface area (Å²) in [5, 5.41) is 12.1. The van der Waals surface area contributed by atoms with Gasteiger partial charge in [-0.25, -0.2) is 4.79 Å². The number of anilines is 1. The average molecular weight is 339 g/mol. The van der Waals surface area contributed by atoms with Gasteiger partial charge in [-0.2, -0.15) is 0 Å². The van der Waals surface area contributed by atoms with Gasteiger partial charge < -0.3 is 15.3 Å². The Morgan fingerprint density at radius 2 is 1.72 bits per heavy atom. The Labute approximate surface area is 148 Å². The molecule has 5 nitrogen and oxygen atoms in total. The predicted molar refractivity (Wildman–Crippen MR) is 99.4 cm³/mol. The first-order valence-corrected chi connectivity index (χ1v) is 8.67. The smallest absolute Gasteiger partial charge is 0.321 e. The van der Waals surface area contributed by atoms with Crippen molar-refractivity contribution >= 4 is 11.7 Å². The van der Waals surface area contributed by atoms with Crippen molar-refractivity contribution in [2.75, 3.05) is 31.5 Å². The number of benzene rings is 2. The molecule has 132 valence electrons. The van der Waals surface area contributed by atoms with Crippen LogP contribution in [0.3, 0.4) is 0 Å². The second kappa shape index (κ2) is 8.14. The number of carbonyl (C=O) groups excluding carboxylic acids is 1. The lowest BCUT2D eigenvalue weighted by atomic mass is 10.1. The van der Waals surface area contributed by atoms with E-state index in [9.17, 15) is 4.79 Å². The molecule has 0 radical (unpaired) electrons. The Hall–Kier alpha value is -2.37. The molecule has 0 unspecified atom stereocenters. The molecule has 1 aliphatic rings. The minimum absolute atomic E-state index is 0.0300. The summed E-state index contributed by atoms with van der Waals surface area (Å²) in [5.41, 5.74) is 4.14. The zero-order valence-corrected chi connectivity index (χ0v) is 14.6. The summed E-state index contributed by atoms with van der Waals surface area (Å²) in [5.74, 6) is 0. The van der Waals surface area contributed by atoms with Crippen LogP contribution < -0.4 is 5.32 Å². The lowest BCUT2D eigenvalue weighted by Crippen LogP contribution is -2.49. The van der Waals surface area contributed by atoms with Gasteiger partial charge in [0.2, 0.25) is 0 Å². The van der Waals surface area contributed by atoms with Gasteiger partial charge in [-0.05, 0) is 35.7 Å². The fourth-order valence-corrected chi connectivity index (χ4v) is 3.04. The van der Waals surface area contributed by atoms with E-state index < -0.39 is 0 Å². The van der Waals surface area contributed by atoms with Crippen molar-refractivity contribution in [3.05, 3.63) is 65.2 Å². The maximum absolute atomic E-state index is 12.4. The minimum Gasteiger partial charge on any atom is -0.392 e. The zero-order valence-electron chi connectivity index (χ0n) is 14.6. The topological polar surface area (TPSA) is 55.8 Å². The summed E-state index contributed by atoms with van der Waals surface area (Å²) in [6.45, 7) is 6.15. The number of nitrogens with one attached hydrogen (secondary N) is 1. The Bertz CT molecular complexity index is 707. The number of carbonyl (C=O) groups is 1. The Balaban J connectivity index is 1.48. The van der Waals surface area contributed by atoms with Crippen molar-refractivity contribution in [2.45, 2.75) is 20.1 Å². The molecule has 0 atom stereocenters. The van der Waals surface area contributed by atoms with Gasteiger partial charge in [-0.3, -0.25) is 4.90 Å². The molecule has 0 spiro atoms. The number of rotatable bonds is 4. The molecule has 2 amide bonds. The van der Waals surface area contributed by atoms with Crippen molar-refractivity contribution < 1.29 is 9.90 Å². The Morgan fingerprint density at radius 1 is 1.04 bits per heavy atom. The first kappa shape index (κ1) is 17.5. The molecule has 1 fully saturated rings. The summed E-state index contributed by atoms with van der Waals surface area (Å²) < 4.78 is 0. The van der Waals surface area contributed by atoms with Crippen LogP contribution >= 0.6 is 0 Å². The van der Waals surface area contributed by atoms with Gasteiger partial charge in [-0.1, -0.05) is 36.4 Å². The van der Waals surface area contributed by atoms with Crippen LogP contribution in [0, 0.1) is 6.92 Å².